The summed E-state index contributed by atoms with van der Waals surface area (Å²) in [6.45, 7) is 7.12. The Labute approximate surface area is 202 Å². The Morgan fingerprint density at radius 1 is 1.23 bits per heavy atom. The lowest BCUT2D eigenvalue weighted by Crippen LogP contribution is -2.41. The topological polar surface area (TPSA) is 89.2 Å². The second-order valence-electron chi connectivity index (χ2n) is 9.92. The molecule has 0 radical (unpaired) electrons. The number of aryl methyl sites for hydroxylation is 1. The van der Waals surface area contributed by atoms with Crippen molar-refractivity contribution in [3.05, 3.63) is 88.9 Å². The van der Waals surface area contributed by atoms with Gasteiger partial charge in [-0.2, -0.15) is 0 Å². The summed E-state index contributed by atoms with van der Waals surface area (Å²) in [6.07, 6.45) is 4.28. The van der Waals surface area contributed by atoms with Crippen molar-refractivity contribution in [2.75, 3.05) is 0 Å². The molecule has 0 saturated heterocycles. The zero-order chi connectivity index (χ0) is 24.9. The van der Waals surface area contributed by atoms with E-state index in [0.717, 1.165) is 22.6 Å². The average Bonchev–Trinajstić information content (AvgIpc) is 3.36. The van der Waals surface area contributed by atoms with Gasteiger partial charge in [0.25, 0.3) is 5.91 Å². The lowest BCUT2D eigenvalue weighted by Gasteiger charge is -2.38. The van der Waals surface area contributed by atoms with Gasteiger partial charge >= 0.3 is 0 Å². The number of benzene rings is 2. The van der Waals surface area contributed by atoms with Gasteiger partial charge < -0.3 is 9.13 Å². The molecule has 2 N–H and O–H groups in total. The third-order valence-electron chi connectivity index (χ3n) is 7.22. The van der Waals surface area contributed by atoms with Crippen molar-refractivity contribution in [1.82, 2.24) is 19.6 Å². The number of rotatable bonds is 5. The second-order valence-corrected chi connectivity index (χ2v) is 9.92. The van der Waals surface area contributed by atoms with E-state index < -0.39 is 5.91 Å². The third-order valence-corrected chi connectivity index (χ3v) is 7.22. The summed E-state index contributed by atoms with van der Waals surface area (Å²) in [4.78, 5) is 29.9. The molecule has 0 spiro atoms. The maximum absolute atomic E-state index is 14.3. The van der Waals surface area contributed by atoms with Crippen LogP contribution in [0, 0.1) is 24.1 Å². The van der Waals surface area contributed by atoms with Crippen LogP contribution in [0.1, 0.15) is 51.6 Å². The molecule has 0 saturated carbocycles. The standard InChI is InChI=1S/C27H27FN4O3/c1-16-29-10-11-31(16)15-21-25(33)24-20-12-19(28)8-9-22(20)32(23(24)13-27(21,2)3)14-17-4-6-18(7-5-17)26(34)30-35/h4-12,21,35H,13-15H2,1-3H3,(H,30,34). The summed E-state index contributed by atoms with van der Waals surface area (Å²) < 4.78 is 18.4. The highest BCUT2D eigenvalue weighted by atomic mass is 19.1. The fraction of sp³-hybridized carbons (Fsp3) is 0.296. The minimum atomic E-state index is -0.581. The van der Waals surface area contributed by atoms with Gasteiger partial charge in [0.2, 0.25) is 0 Å². The quantitative estimate of drug-likeness (QED) is 0.328. The number of halogens is 1. The Balaban J connectivity index is 1.60. The maximum atomic E-state index is 14.3. The zero-order valence-corrected chi connectivity index (χ0v) is 19.9. The monoisotopic (exact) mass is 474 g/mol. The number of hydrogen-bond donors (Lipinski definition) is 2. The largest absolute Gasteiger partial charge is 0.339 e. The molecule has 8 heteroatoms. The van der Waals surface area contributed by atoms with E-state index in [4.69, 9.17) is 5.21 Å². The highest BCUT2D eigenvalue weighted by Crippen LogP contribution is 2.44. The average molecular weight is 475 g/mol. The highest BCUT2D eigenvalue weighted by molar-refractivity contribution is 6.11. The van der Waals surface area contributed by atoms with Crippen LogP contribution in [0.5, 0.6) is 0 Å². The van der Waals surface area contributed by atoms with Crippen molar-refractivity contribution in [1.29, 1.82) is 0 Å². The summed E-state index contributed by atoms with van der Waals surface area (Å²) in [5, 5.41) is 9.49. The molecule has 2 aromatic carbocycles. The number of hydrogen-bond acceptors (Lipinski definition) is 4. The molecule has 4 aromatic rings. The van der Waals surface area contributed by atoms with Crippen LogP contribution in [-0.2, 0) is 19.5 Å². The summed E-state index contributed by atoms with van der Waals surface area (Å²) >= 11 is 0. The number of amides is 1. The van der Waals surface area contributed by atoms with Crippen LogP contribution in [-0.4, -0.2) is 31.0 Å². The minimum Gasteiger partial charge on any atom is -0.339 e. The van der Waals surface area contributed by atoms with E-state index in [9.17, 15) is 14.0 Å². The van der Waals surface area contributed by atoms with Gasteiger partial charge in [0, 0.05) is 59.1 Å². The molecule has 1 atom stereocenters. The van der Waals surface area contributed by atoms with Crippen molar-refractivity contribution >= 4 is 22.6 Å². The van der Waals surface area contributed by atoms with Gasteiger partial charge in [0.15, 0.2) is 5.78 Å². The van der Waals surface area contributed by atoms with Gasteiger partial charge in [-0.25, -0.2) is 14.9 Å². The first-order valence-electron chi connectivity index (χ1n) is 11.6. The number of hydroxylamine groups is 1. The second kappa shape index (κ2) is 8.46. The lowest BCUT2D eigenvalue weighted by atomic mass is 9.67. The molecular weight excluding hydrogens is 447 g/mol. The van der Waals surface area contributed by atoms with E-state index in [2.05, 4.69) is 23.4 Å². The number of imidazole rings is 1. The molecule has 1 amide bonds. The maximum Gasteiger partial charge on any atom is 0.274 e. The Morgan fingerprint density at radius 2 is 1.97 bits per heavy atom. The summed E-state index contributed by atoms with van der Waals surface area (Å²) in [7, 11) is 0. The molecule has 2 heterocycles. The molecule has 2 aromatic heterocycles. The van der Waals surface area contributed by atoms with Crippen molar-refractivity contribution in [2.24, 2.45) is 11.3 Å². The van der Waals surface area contributed by atoms with Crippen LogP contribution in [0.25, 0.3) is 10.9 Å². The third kappa shape index (κ3) is 3.93. The summed E-state index contributed by atoms with van der Waals surface area (Å²) in [5.41, 5.74) is 4.86. The highest BCUT2D eigenvalue weighted by Gasteiger charge is 2.44. The van der Waals surface area contributed by atoms with Gasteiger partial charge in [-0.05, 0) is 54.7 Å². The van der Waals surface area contributed by atoms with Gasteiger partial charge in [-0.15, -0.1) is 0 Å². The predicted molar refractivity (Wildman–Crippen MR) is 129 cm³/mol. The van der Waals surface area contributed by atoms with Crippen molar-refractivity contribution < 1.29 is 19.2 Å². The summed E-state index contributed by atoms with van der Waals surface area (Å²) in [5.74, 6) is -0.361. The molecule has 5 rings (SSSR count). The molecule has 1 unspecified atom stereocenters. The number of nitrogens with one attached hydrogen (secondary N) is 1. The molecule has 1 aliphatic carbocycles. The number of ketones is 1. The molecule has 7 nitrogen and oxygen atoms in total. The molecule has 0 aliphatic heterocycles. The Hall–Kier alpha value is -3.78. The van der Waals surface area contributed by atoms with E-state index in [-0.39, 0.29) is 22.9 Å². The number of carbonyl (C=O) groups excluding carboxylic acids is 2. The van der Waals surface area contributed by atoms with E-state index >= 15 is 0 Å². The van der Waals surface area contributed by atoms with Crippen LogP contribution in [0.2, 0.25) is 0 Å². The van der Waals surface area contributed by atoms with Gasteiger partial charge in [-0.3, -0.25) is 14.8 Å². The first-order chi connectivity index (χ1) is 16.7. The van der Waals surface area contributed by atoms with Crippen molar-refractivity contribution in [3.63, 3.8) is 0 Å². The van der Waals surface area contributed by atoms with E-state index in [1.807, 2.05) is 29.8 Å². The van der Waals surface area contributed by atoms with Gasteiger partial charge in [-0.1, -0.05) is 26.0 Å². The van der Waals surface area contributed by atoms with Gasteiger partial charge in [0.05, 0.1) is 0 Å². The first kappa shape index (κ1) is 23.0. The molecule has 1 aliphatic rings. The van der Waals surface area contributed by atoms with E-state index in [1.165, 1.54) is 12.1 Å². The molecule has 35 heavy (non-hydrogen) atoms. The predicted octanol–water partition coefficient (Wildman–Crippen LogP) is 4.53. The van der Waals surface area contributed by atoms with Crippen LogP contribution >= 0.6 is 0 Å². The molecular formula is C27H27FN4O3. The van der Waals surface area contributed by atoms with E-state index in [1.54, 1.807) is 29.9 Å². The number of nitrogens with zero attached hydrogens (tertiary/aromatic N) is 3. The lowest BCUT2D eigenvalue weighted by molar-refractivity contribution is 0.0704. The smallest absolute Gasteiger partial charge is 0.274 e. The Bertz CT molecular complexity index is 1450. The fourth-order valence-corrected chi connectivity index (χ4v) is 5.23. The van der Waals surface area contributed by atoms with Crippen LogP contribution in [0.4, 0.5) is 4.39 Å². The van der Waals surface area contributed by atoms with Crippen molar-refractivity contribution in [3.8, 4) is 0 Å². The SMILES string of the molecule is Cc1nccn1CC1C(=O)c2c(n(Cc3ccc(C(=O)NO)cc3)c3ccc(F)cc23)CC1(C)C. The van der Waals surface area contributed by atoms with Crippen LogP contribution in [0.15, 0.2) is 54.9 Å². The number of aromatic nitrogens is 3. The summed E-state index contributed by atoms with van der Waals surface area (Å²) in [6, 6.07) is 11.5. The number of fused-ring (bicyclic) bond motifs is 3. The van der Waals surface area contributed by atoms with Crippen LogP contribution < -0.4 is 5.48 Å². The normalized spacial score (nSPS) is 16.9. The Kier molecular flexibility index (Phi) is 5.56. The molecule has 0 fully saturated rings. The van der Waals surface area contributed by atoms with Crippen LogP contribution in [0.3, 0.4) is 0 Å². The zero-order valence-electron chi connectivity index (χ0n) is 19.9. The van der Waals surface area contributed by atoms with E-state index in [0.29, 0.717) is 36.0 Å². The van der Waals surface area contributed by atoms with Gasteiger partial charge in [0.1, 0.15) is 11.6 Å². The number of carbonyl (C=O) groups is 2. The Morgan fingerprint density at radius 3 is 2.63 bits per heavy atom. The molecule has 0 bridgehead atoms. The molecule has 180 valence electrons. The number of Topliss-reactive ketones (excluding diaryl/α,β-unsaturated/α-hetero) is 1. The van der Waals surface area contributed by atoms with Crippen molar-refractivity contribution in [2.45, 2.75) is 40.3 Å². The first-order valence-corrected chi connectivity index (χ1v) is 11.6. The minimum absolute atomic E-state index is 0.0219. The fourth-order valence-electron chi connectivity index (χ4n) is 5.23.